The number of benzene rings is 1. The summed E-state index contributed by atoms with van der Waals surface area (Å²) in [6, 6.07) is 7.35. The van der Waals surface area contributed by atoms with Gasteiger partial charge in [-0.2, -0.15) is 0 Å². The van der Waals surface area contributed by atoms with Gasteiger partial charge in [-0.1, -0.05) is 0 Å². The first-order chi connectivity index (χ1) is 9.22. The average molecular weight is 260 g/mol. The number of nitrogens with zero attached hydrogens (tertiary/aromatic N) is 1. The molecule has 0 radical (unpaired) electrons. The van der Waals surface area contributed by atoms with Crippen molar-refractivity contribution in [3.8, 4) is 0 Å². The number of nitrogens with one attached hydrogen (secondary N) is 3. The van der Waals surface area contributed by atoms with Crippen molar-refractivity contribution in [2.75, 3.05) is 23.3 Å². The fraction of sp³-hybridized carbons (Fsp3) is 0.385. The standard InChI is InChI=1S/C13H16N4O2/c18-12(15-9-1-2-9)16-10-3-5-11(6-4-10)17-8-7-14-13(17)19/h3-6,9H,1-2,7-8H2,(H,14,19)(H2,15,16,18). The van der Waals surface area contributed by atoms with Crippen LogP contribution in [-0.4, -0.2) is 31.2 Å². The number of amides is 4. The van der Waals surface area contributed by atoms with Crippen molar-refractivity contribution in [1.82, 2.24) is 10.6 Å². The molecular formula is C13H16N4O2. The summed E-state index contributed by atoms with van der Waals surface area (Å²) in [5.74, 6) is 0. The van der Waals surface area contributed by atoms with Crippen molar-refractivity contribution in [2.24, 2.45) is 0 Å². The van der Waals surface area contributed by atoms with Crippen LogP contribution >= 0.6 is 0 Å². The molecule has 3 rings (SSSR count). The van der Waals surface area contributed by atoms with Crippen LogP contribution in [0, 0.1) is 0 Å². The van der Waals surface area contributed by atoms with Gasteiger partial charge in [0.25, 0.3) is 0 Å². The Morgan fingerprint density at radius 1 is 1.26 bits per heavy atom. The van der Waals surface area contributed by atoms with E-state index in [1.807, 2.05) is 12.1 Å². The van der Waals surface area contributed by atoms with E-state index in [1.54, 1.807) is 17.0 Å². The van der Waals surface area contributed by atoms with Gasteiger partial charge in [0.05, 0.1) is 0 Å². The van der Waals surface area contributed by atoms with Crippen LogP contribution in [0.5, 0.6) is 0 Å². The molecular weight excluding hydrogens is 244 g/mol. The van der Waals surface area contributed by atoms with Crippen LogP contribution in [0.1, 0.15) is 12.8 Å². The molecule has 6 nitrogen and oxygen atoms in total. The normalized spacial score (nSPS) is 18.1. The molecule has 0 aromatic heterocycles. The molecule has 1 saturated heterocycles. The molecule has 6 heteroatoms. The van der Waals surface area contributed by atoms with E-state index in [4.69, 9.17) is 0 Å². The van der Waals surface area contributed by atoms with Crippen LogP contribution in [0.3, 0.4) is 0 Å². The SMILES string of the molecule is O=C(Nc1ccc(N2CCNC2=O)cc1)NC1CC1. The van der Waals surface area contributed by atoms with Gasteiger partial charge in [0.2, 0.25) is 0 Å². The third-order valence-corrected chi connectivity index (χ3v) is 3.21. The summed E-state index contributed by atoms with van der Waals surface area (Å²) in [4.78, 5) is 24.7. The van der Waals surface area contributed by atoms with Gasteiger partial charge in [-0.25, -0.2) is 9.59 Å². The largest absolute Gasteiger partial charge is 0.336 e. The quantitative estimate of drug-likeness (QED) is 0.770. The second kappa shape index (κ2) is 4.79. The lowest BCUT2D eigenvalue weighted by atomic mass is 10.2. The molecule has 4 amide bonds. The summed E-state index contributed by atoms with van der Waals surface area (Å²) < 4.78 is 0. The van der Waals surface area contributed by atoms with Crippen LogP contribution in [0.15, 0.2) is 24.3 Å². The minimum atomic E-state index is -0.172. The van der Waals surface area contributed by atoms with Crippen molar-refractivity contribution in [2.45, 2.75) is 18.9 Å². The molecule has 2 aliphatic rings. The number of carbonyl (C=O) groups is 2. The maximum absolute atomic E-state index is 11.6. The Labute approximate surface area is 111 Å². The van der Waals surface area contributed by atoms with Gasteiger partial charge in [-0.3, -0.25) is 4.90 Å². The fourth-order valence-corrected chi connectivity index (χ4v) is 2.02. The molecule has 2 fully saturated rings. The zero-order valence-corrected chi connectivity index (χ0v) is 10.5. The van der Waals surface area contributed by atoms with E-state index in [1.165, 1.54) is 0 Å². The highest BCUT2D eigenvalue weighted by molar-refractivity contribution is 5.95. The van der Waals surface area contributed by atoms with E-state index in [-0.39, 0.29) is 12.1 Å². The van der Waals surface area contributed by atoms with Gasteiger partial charge >= 0.3 is 12.1 Å². The Balaban J connectivity index is 1.61. The van der Waals surface area contributed by atoms with Gasteiger partial charge in [-0.05, 0) is 37.1 Å². The summed E-state index contributed by atoms with van der Waals surface area (Å²) >= 11 is 0. The smallest absolute Gasteiger partial charge is 0.321 e. The highest BCUT2D eigenvalue weighted by atomic mass is 16.2. The minimum absolute atomic E-state index is 0.0767. The van der Waals surface area contributed by atoms with E-state index in [2.05, 4.69) is 16.0 Å². The Kier molecular flexibility index (Phi) is 2.98. The van der Waals surface area contributed by atoms with Crippen LogP contribution in [0.4, 0.5) is 21.0 Å². The predicted octanol–water partition coefficient (Wildman–Crippen LogP) is 1.50. The molecule has 1 aliphatic carbocycles. The van der Waals surface area contributed by atoms with Gasteiger partial charge in [0, 0.05) is 30.5 Å². The molecule has 1 aliphatic heterocycles. The van der Waals surface area contributed by atoms with Crippen molar-refractivity contribution in [1.29, 1.82) is 0 Å². The second-order valence-electron chi connectivity index (χ2n) is 4.80. The summed E-state index contributed by atoms with van der Waals surface area (Å²) in [6.07, 6.45) is 2.13. The predicted molar refractivity (Wildman–Crippen MR) is 72.4 cm³/mol. The fourth-order valence-electron chi connectivity index (χ4n) is 2.02. The molecule has 3 N–H and O–H groups in total. The lowest BCUT2D eigenvalue weighted by molar-refractivity contribution is 0.251. The first kappa shape index (κ1) is 11.8. The Bertz CT molecular complexity index is 496. The molecule has 19 heavy (non-hydrogen) atoms. The Morgan fingerprint density at radius 2 is 2.00 bits per heavy atom. The third-order valence-electron chi connectivity index (χ3n) is 3.21. The molecule has 1 aromatic carbocycles. The average Bonchev–Trinajstić information content (AvgIpc) is 3.10. The maximum atomic E-state index is 11.6. The van der Waals surface area contributed by atoms with Crippen LogP contribution in [-0.2, 0) is 0 Å². The first-order valence-corrected chi connectivity index (χ1v) is 6.45. The topological polar surface area (TPSA) is 73.5 Å². The number of rotatable bonds is 3. The lowest BCUT2D eigenvalue weighted by Crippen LogP contribution is -2.30. The van der Waals surface area contributed by atoms with E-state index in [0.717, 1.165) is 24.2 Å². The summed E-state index contributed by atoms with van der Waals surface area (Å²) in [5, 5.41) is 8.38. The highest BCUT2D eigenvalue weighted by Gasteiger charge is 2.23. The number of urea groups is 2. The third kappa shape index (κ3) is 2.78. The second-order valence-corrected chi connectivity index (χ2v) is 4.80. The zero-order chi connectivity index (χ0) is 13.2. The minimum Gasteiger partial charge on any atom is -0.336 e. The van der Waals surface area contributed by atoms with Crippen molar-refractivity contribution >= 4 is 23.4 Å². The zero-order valence-electron chi connectivity index (χ0n) is 10.5. The van der Waals surface area contributed by atoms with Crippen molar-refractivity contribution < 1.29 is 9.59 Å². The van der Waals surface area contributed by atoms with E-state index >= 15 is 0 Å². The molecule has 0 atom stereocenters. The monoisotopic (exact) mass is 260 g/mol. The summed E-state index contributed by atoms with van der Waals surface area (Å²) in [5.41, 5.74) is 1.56. The summed E-state index contributed by atoms with van der Waals surface area (Å²) in [6.45, 7) is 1.34. The van der Waals surface area contributed by atoms with E-state index in [0.29, 0.717) is 19.1 Å². The van der Waals surface area contributed by atoms with Crippen molar-refractivity contribution in [3.05, 3.63) is 24.3 Å². The van der Waals surface area contributed by atoms with E-state index < -0.39 is 0 Å². The molecule has 1 aromatic rings. The molecule has 0 bridgehead atoms. The van der Waals surface area contributed by atoms with Crippen LogP contribution < -0.4 is 20.9 Å². The number of carbonyl (C=O) groups excluding carboxylic acids is 2. The molecule has 100 valence electrons. The van der Waals surface area contributed by atoms with Crippen LogP contribution in [0.2, 0.25) is 0 Å². The number of hydrogen-bond donors (Lipinski definition) is 3. The summed E-state index contributed by atoms with van der Waals surface area (Å²) in [7, 11) is 0. The van der Waals surface area contributed by atoms with Crippen molar-refractivity contribution in [3.63, 3.8) is 0 Å². The van der Waals surface area contributed by atoms with E-state index in [9.17, 15) is 9.59 Å². The molecule has 0 spiro atoms. The number of hydrogen-bond acceptors (Lipinski definition) is 2. The lowest BCUT2D eigenvalue weighted by Gasteiger charge is -2.14. The molecule has 0 unspecified atom stereocenters. The van der Waals surface area contributed by atoms with Gasteiger partial charge < -0.3 is 16.0 Å². The van der Waals surface area contributed by atoms with Gasteiger partial charge in [-0.15, -0.1) is 0 Å². The number of anilines is 2. The molecule has 1 saturated carbocycles. The van der Waals surface area contributed by atoms with Gasteiger partial charge in [0.15, 0.2) is 0 Å². The highest BCUT2D eigenvalue weighted by Crippen LogP contribution is 2.21. The molecule has 1 heterocycles. The first-order valence-electron chi connectivity index (χ1n) is 6.45. The Hall–Kier alpha value is -2.24. The van der Waals surface area contributed by atoms with Gasteiger partial charge in [0.1, 0.15) is 0 Å². The van der Waals surface area contributed by atoms with Crippen LogP contribution in [0.25, 0.3) is 0 Å². The maximum Gasteiger partial charge on any atom is 0.321 e. The Morgan fingerprint density at radius 3 is 2.58 bits per heavy atom.